The molecule has 0 saturated carbocycles. The van der Waals surface area contributed by atoms with Crippen molar-refractivity contribution in [1.82, 2.24) is 0 Å². The maximum Gasteiger partial charge on any atom is 0.296 e. The Labute approximate surface area is 124 Å². The monoisotopic (exact) mass is 306 g/mol. The van der Waals surface area contributed by atoms with E-state index in [9.17, 15) is 30.6 Å². The second-order valence-corrected chi connectivity index (χ2v) is 5.09. The van der Waals surface area contributed by atoms with Crippen LogP contribution < -0.4 is 4.74 Å². The van der Waals surface area contributed by atoms with Crippen LogP contribution in [0.25, 0.3) is 0 Å². The van der Waals surface area contributed by atoms with E-state index in [-0.39, 0.29) is 11.3 Å². The number of aliphatic hydroxyl groups excluding tert-OH is 1. The van der Waals surface area contributed by atoms with E-state index >= 15 is 0 Å². The lowest BCUT2D eigenvalue weighted by molar-refractivity contribution is -0.393. The molecule has 2 aromatic rings. The van der Waals surface area contributed by atoms with E-state index in [0.29, 0.717) is 0 Å². The third-order valence-corrected chi connectivity index (χ3v) is 3.73. The third kappa shape index (κ3) is 1.77. The molecule has 3 rings (SSSR count). The van der Waals surface area contributed by atoms with Gasteiger partial charge in [0.2, 0.25) is 0 Å². The van der Waals surface area contributed by atoms with Gasteiger partial charge >= 0.3 is 0 Å². The molecule has 0 saturated heterocycles. The number of hydrogen-bond donors (Lipinski definition) is 6. The first-order valence-corrected chi connectivity index (χ1v) is 6.43. The first-order chi connectivity index (χ1) is 10.3. The minimum atomic E-state index is -3.16. The maximum atomic E-state index is 10.6. The van der Waals surface area contributed by atoms with Crippen LogP contribution in [0.1, 0.15) is 17.2 Å². The zero-order valence-electron chi connectivity index (χ0n) is 11.2. The van der Waals surface area contributed by atoms with Gasteiger partial charge in [0.05, 0.1) is 5.56 Å². The second kappa shape index (κ2) is 4.59. The van der Waals surface area contributed by atoms with Gasteiger partial charge in [-0.2, -0.15) is 0 Å². The standard InChI is InChI=1S/C15H14O7/c16-10-6-3-5-9(12(10)17)15(21)14(19,20)13(18)8-4-1-2-7-11(8)22-15/h1-7,13,16-21H. The van der Waals surface area contributed by atoms with Crippen LogP contribution in [-0.2, 0) is 5.79 Å². The predicted octanol–water partition coefficient (Wildman–Crippen LogP) is 0.0498. The Morgan fingerprint density at radius 3 is 2.32 bits per heavy atom. The van der Waals surface area contributed by atoms with Crippen molar-refractivity contribution in [3.05, 3.63) is 53.6 Å². The van der Waals surface area contributed by atoms with E-state index in [1.807, 2.05) is 0 Å². The summed E-state index contributed by atoms with van der Waals surface area (Å²) in [6.45, 7) is 0. The Hall–Kier alpha value is -2.32. The molecule has 0 aliphatic carbocycles. The lowest BCUT2D eigenvalue weighted by atomic mass is 9.85. The normalized spacial score (nSPS) is 26.1. The van der Waals surface area contributed by atoms with Gasteiger partial charge in [-0.15, -0.1) is 0 Å². The van der Waals surface area contributed by atoms with Crippen LogP contribution in [0.2, 0.25) is 0 Å². The highest BCUT2D eigenvalue weighted by molar-refractivity contribution is 5.50. The SMILES string of the molecule is Oc1cccc(C2(O)Oc3ccccc3C(O)C2(O)O)c1O. The quantitative estimate of drug-likeness (QED) is 0.324. The summed E-state index contributed by atoms with van der Waals surface area (Å²) in [6.07, 6.45) is -1.90. The molecule has 0 radical (unpaired) electrons. The molecule has 2 atom stereocenters. The number of phenolic OH excluding ortho intramolecular Hbond substituents is 2. The number of ether oxygens (including phenoxy) is 1. The molecular formula is C15H14O7. The summed E-state index contributed by atoms with van der Waals surface area (Å²) in [5.41, 5.74) is -0.428. The number of para-hydroxylation sites is 2. The second-order valence-electron chi connectivity index (χ2n) is 5.09. The molecule has 22 heavy (non-hydrogen) atoms. The molecule has 7 nitrogen and oxygen atoms in total. The molecule has 1 heterocycles. The Bertz CT molecular complexity index is 728. The van der Waals surface area contributed by atoms with Crippen LogP contribution in [0.4, 0.5) is 0 Å². The van der Waals surface area contributed by atoms with Gasteiger partial charge in [-0.1, -0.05) is 24.3 Å². The molecule has 0 aromatic heterocycles. The molecular weight excluding hydrogens is 292 g/mol. The van der Waals surface area contributed by atoms with Gasteiger partial charge in [0.25, 0.3) is 11.6 Å². The highest BCUT2D eigenvalue weighted by atomic mass is 16.7. The Morgan fingerprint density at radius 1 is 0.909 bits per heavy atom. The first kappa shape index (κ1) is 14.6. The summed E-state index contributed by atoms with van der Waals surface area (Å²) in [7, 11) is 0. The minimum Gasteiger partial charge on any atom is -0.504 e. The summed E-state index contributed by atoms with van der Waals surface area (Å²) < 4.78 is 5.25. The van der Waals surface area contributed by atoms with Crippen molar-refractivity contribution in [3.8, 4) is 17.2 Å². The summed E-state index contributed by atoms with van der Waals surface area (Å²) >= 11 is 0. The van der Waals surface area contributed by atoms with E-state index in [4.69, 9.17) is 4.74 Å². The van der Waals surface area contributed by atoms with E-state index in [1.54, 1.807) is 12.1 Å². The zero-order chi connectivity index (χ0) is 16.1. The molecule has 0 spiro atoms. The zero-order valence-corrected chi connectivity index (χ0v) is 11.2. The summed E-state index contributed by atoms with van der Waals surface area (Å²) in [6, 6.07) is 9.49. The van der Waals surface area contributed by atoms with Crippen LogP contribution >= 0.6 is 0 Å². The van der Waals surface area contributed by atoms with Gasteiger partial charge in [-0.25, -0.2) is 0 Å². The molecule has 2 unspecified atom stereocenters. The topological polar surface area (TPSA) is 131 Å². The average Bonchev–Trinajstić information content (AvgIpc) is 2.48. The number of fused-ring (bicyclic) bond motifs is 1. The fourth-order valence-electron chi connectivity index (χ4n) is 2.49. The van der Waals surface area contributed by atoms with Gasteiger partial charge in [-0.05, 0) is 18.2 Å². The fourth-order valence-corrected chi connectivity index (χ4v) is 2.49. The van der Waals surface area contributed by atoms with Crippen LogP contribution in [0.5, 0.6) is 17.2 Å². The lowest BCUT2D eigenvalue weighted by Crippen LogP contribution is -2.61. The van der Waals surface area contributed by atoms with E-state index in [2.05, 4.69) is 0 Å². The number of rotatable bonds is 1. The average molecular weight is 306 g/mol. The smallest absolute Gasteiger partial charge is 0.296 e. The molecule has 116 valence electrons. The largest absolute Gasteiger partial charge is 0.504 e. The fraction of sp³-hybridized carbons (Fsp3) is 0.200. The van der Waals surface area contributed by atoms with Crippen molar-refractivity contribution in [1.29, 1.82) is 0 Å². The molecule has 0 bridgehead atoms. The molecule has 2 aromatic carbocycles. The van der Waals surface area contributed by atoms with Crippen molar-refractivity contribution >= 4 is 0 Å². The highest BCUT2D eigenvalue weighted by Gasteiger charge is 2.62. The molecule has 1 aliphatic rings. The van der Waals surface area contributed by atoms with Crippen molar-refractivity contribution in [2.75, 3.05) is 0 Å². The van der Waals surface area contributed by atoms with Gasteiger partial charge in [0, 0.05) is 5.56 Å². The van der Waals surface area contributed by atoms with Gasteiger partial charge < -0.3 is 35.4 Å². The summed E-state index contributed by atoms with van der Waals surface area (Å²) in [5, 5.41) is 60.7. The number of hydrogen-bond acceptors (Lipinski definition) is 7. The molecule has 7 heteroatoms. The molecule has 0 fully saturated rings. The number of phenols is 2. The van der Waals surface area contributed by atoms with Crippen LogP contribution in [-0.4, -0.2) is 36.4 Å². The number of aliphatic hydroxyl groups is 4. The number of aromatic hydroxyl groups is 2. The Balaban J connectivity index is 2.24. The van der Waals surface area contributed by atoms with Crippen molar-refractivity contribution in [2.24, 2.45) is 0 Å². The molecule has 0 amide bonds. The molecule has 6 N–H and O–H groups in total. The van der Waals surface area contributed by atoms with Crippen LogP contribution in [0.15, 0.2) is 42.5 Å². The van der Waals surface area contributed by atoms with Crippen molar-refractivity contribution in [2.45, 2.75) is 17.7 Å². The number of benzene rings is 2. The van der Waals surface area contributed by atoms with E-state index < -0.39 is 34.7 Å². The molecule has 1 aliphatic heterocycles. The maximum absolute atomic E-state index is 10.6. The van der Waals surface area contributed by atoms with E-state index in [0.717, 1.165) is 12.1 Å². The van der Waals surface area contributed by atoms with Crippen LogP contribution in [0.3, 0.4) is 0 Å². The van der Waals surface area contributed by atoms with Crippen molar-refractivity contribution in [3.63, 3.8) is 0 Å². The van der Waals surface area contributed by atoms with Gasteiger partial charge in [0.1, 0.15) is 11.9 Å². The Morgan fingerprint density at radius 2 is 1.59 bits per heavy atom. The van der Waals surface area contributed by atoms with Crippen molar-refractivity contribution < 1.29 is 35.4 Å². The Kier molecular flexibility index (Phi) is 3.05. The first-order valence-electron chi connectivity index (χ1n) is 6.43. The predicted molar refractivity (Wildman–Crippen MR) is 72.9 cm³/mol. The van der Waals surface area contributed by atoms with Gasteiger partial charge in [0.15, 0.2) is 11.5 Å². The third-order valence-electron chi connectivity index (χ3n) is 3.73. The summed E-state index contributed by atoms with van der Waals surface area (Å²) in [4.78, 5) is 0. The van der Waals surface area contributed by atoms with Crippen LogP contribution in [0, 0.1) is 0 Å². The highest BCUT2D eigenvalue weighted by Crippen LogP contribution is 2.51. The van der Waals surface area contributed by atoms with Gasteiger partial charge in [-0.3, -0.25) is 0 Å². The summed E-state index contributed by atoms with van der Waals surface area (Å²) in [5.74, 6) is -7.40. The van der Waals surface area contributed by atoms with E-state index in [1.165, 1.54) is 18.2 Å². The lowest BCUT2D eigenvalue weighted by Gasteiger charge is -2.46. The minimum absolute atomic E-state index is 0.0129.